The standard InChI is InChI=1S/C27H30N4O3S/c1-19-9-11-20(12-10-19)26(25-23-7-5-6-8-24(23)29-27(25)32)28-21-13-15-22(16-14-21)31(35(4,33)34)18-17-30(2)3/h5-16,28H,17-18H2,1-4H3,(H,29,32)/b26-25-. The highest BCUT2D eigenvalue weighted by Crippen LogP contribution is 2.37. The molecule has 0 unspecified atom stereocenters. The van der Waals surface area contributed by atoms with E-state index in [9.17, 15) is 13.2 Å². The lowest BCUT2D eigenvalue weighted by atomic mass is 9.99. The molecule has 3 aromatic carbocycles. The first-order chi connectivity index (χ1) is 16.6. The van der Waals surface area contributed by atoms with E-state index in [0.29, 0.717) is 30.0 Å². The lowest BCUT2D eigenvalue weighted by Gasteiger charge is -2.24. The SMILES string of the molecule is Cc1ccc(/C(Nc2ccc(N(CCN(C)C)S(C)(=O)=O)cc2)=C2/C(=O)Nc3ccccc32)cc1. The van der Waals surface area contributed by atoms with Gasteiger partial charge in [0.1, 0.15) is 0 Å². The van der Waals surface area contributed by atoms with Crippen molar-refractivity contribution in [3.05, 3.63) is 89.5 Å². The van der Waals surface area contributed by atoms with E-state index in [1.807, 2.05) is 86.6 Å². The van der Waals surface area contributed by atoms with E-state index in [1.165, 1.54) is 10.6 Å². The van der Waals surface area contributed by atoms with Crippen molar-refractivity contribution in [2.75, 3.05) is 48.4 Å². The predicted molar refractivity (Wildman–Crippen MR) is 144 cm³/mol. The Hall–Kier alpha value is -3.62. The fourth-order valence-electron chi connectivity index (χ4n) is 4.00. The van der Waals surface area contributed by atoms with Gasteiger partial charge in [0.05, 0.1) is 23.2 Å². The van der Waals surface area contributed by atoms with Crippen molar-refractivity contribution in [1.82, 2.24) is 4.90 Å². The van der Waals surface area contributed by atoms with Crippen molar-refractivity contribution in [3.63, 3.8) is 0 Å². The van der Waals surface area contributed by atoms with Crippen molar-refractivity contribution in [3.8, 4) is 0 Å². The molecule has 2 N–H and O–H groups in total. The second kappa shape index (κ2) is 9.93. The van der Waals surface area contributed by atoms with Gasteiger partial charge >= 0.3 is 0 Å². The third-order valence-electron chi connectivity index (χ3n) is 5.84. The van der Waals surface area contributed by atoms with Crippen molar-refractivity contribution < 1.29 is 13.2 Å². The number of benzene rings is 3. The van der Waals surface area contributed by atoms with Gasteiger partial charge in [-0.2, -0.15) is 0 Å². The maximum Gasteiger partial charge on any atom is 0.258 e. The zero-order valence-corrected chi connectivity index (χ0v) is 21.2. The summed E-state index contributed by atoms with van der Waals surface area (Å²) in [7, 11) is 0.389. The van der Waals surface area contributed by atoms with Crippen LogP contribution in [-0.4, -0.2) is 52.7 Å². The largest absolute Gasteiger partial charge is 0.354 e. The number of carbonyl (C=O) groups excluding carboxylic acids is 1. The van der Waals surface area contributed by atoms with Crippen molar-refractivity contribution in [1.29, 1.82) is 0 Å². The fraction of sp³-hybridized carbons (Fsp3) is 0.222. The zero-order chi connectivity index (χ0) is 25.2. The molecule has 1 amide bonds. The molecule has 182 valence electrons. The fourth-order valence-corrected chi connectivity index (χ4v) is 4.92. The van der Waals surface area contributed by atoms with Crippen LogP contribution in [0.1, 0.15) is 16.7 Å². The van der Waals surface area contributed by atoms with Crippen LogP contribution >= 0.6 is 0 Å². The molecule has 0 aliphatic carbocycles. The highest BCUT2D eigenvalue weighted by atomic mass is 32.2. The van der Waals surface area contributed by atoms with E-state index in [0.717, 1.165) is 28.1 Å². The van der Waals surface area contributed by atoms with Crippen LogP contribution in [0.2, 0.25) is 0 Å². The average molecular weight is 491 g/mol. The lowest BCUT2D eigenvalue weighted by molar-refractivity contribution is -0.110. The molecule has 8 heteroatoms. The molecule has 1 aliphatic heterocycles. The molecule has 1 aliphatic rings. The Kier molecular flexibility index (Phi) is 6.95. The van der Waals surface area contributed by atoms with Crippen LogP contribution in [0.5, 0.6) is 0 Å². The molecule has 0 saturated carbocycles. The van der Waals surface area contributed by atoms with Gasteiger partial charge in [-0.05, 0) is 56.9 Å². The number of anilines is 3. The van der Waals surface area contributed by atoms with E-state index in [-0.39, 0.29) is 5.91 Å². The Labute approximate surface area is 207 Å². The number of sulfonamides is 1. The Morgan fingerprint density at radius 3 is 2.20 bits per heavy atom. The van der Waals surface area contributed by atoms with Gasteiger partial charge in [-0.25, -0.2) is 8.42 Å². The van der Waals surface area contributed by atoms with Gasteiger partial charge < -0.3 is 15.5 Å². The van der Waals surface area contributed by atoms with Crippen LogP contribution in [0.3, 0.4) is 0 Å². The summed E-state index contributed by atoms with van der Waals surface area (Å²) >= 11 is 0. The molecular weight excluding hydrogens is 460 g/mol. The number of hydrogen-bond acceptors (Lipinski definition) is 5. The van der Waals surface area contributed by atoms with Gasteiger partial charge in [0.2, 0.25) is 10.0 Å². The smallest absolute Gasteiger partial charge is 0.258 e. The number of rotatable bonds is 8. The molecule has 1 heterocycles. The molecule has 0 atom stereocenters. The molecule has 4 rings (SSSR count). The second-order valence-electron chi connectivity index (χ2n) is 8.93. The normalized spacial score (nSPS) is 14.5. The average Bonchev–Trinajstić information content (AvgIpc) is 3.13. The zero-order valence-electron chi connectivity index (χ0n) is 20.4. The molecule has 0 saturated heterocycles. The third-order valence-corrected chi connectivity index (χ3v) is 7.03. The summed E-state index contributed by atoms with van der Waals surface area (Å²) in [5.41, 5.74) is 6.21. The Morgan fingerprint density at radius 2 is 1.57 bits per heavy atom. The molecule has 35 heavy (non-hydrogen) atoms. The van der Waals surface area contributed by atoms with E-state index in [1.54, 1.807) is 12.1 Å². The third kappa shape index (κ3) is 5.55. The summed E-state index contributed by atoms with van der Waals surface area (Å²) < 4.78 is 26.2. The first kappa shape index (κ1) is 24.5. The van der Waals surface area contributed by atoms with Crippen LogP contribution in [0.4, 0.5) is 17.1 Å². The highest BCUT2D eigenvalue weighted by molar-refractivity contribution is 7.92. The van der Waals surface area contributed by atoms with E-state index in [2.05, 4.69) is 10.6 Å². The summed E-state index contributed by atoms with van der Waals surface area (Å²) in [6.07, 6.45) is 1.21. The Morgan fingerprint density at radius 1 is 0.914 bits per heavy atom. The second-order valence-corrected chi connectivity index (χ2v) is 10.8. The lowest BCUT2D eigenvalue weighted by Crippen LogP contribution is -2.35. The van der Waals surface area contributed by atoms with E-state index in [4.69, 9.17) is 0 Å². The molecule has 0 fully saturated rings. The van der Waals surface area contributed by atoms with Crippen molar-refractivity contribution in [2.24, 2.45) is 0 Å². The first-order valence-corrected chi connectivity index (χ1v) is 13.2. The number of hydrogen-bond donors (Lipinski definition) is 2. The van der Waals surface area contributed by atoms with Gasteiger partial charge in [0.25, 0.3) is 5.91 Å². The molecular formula is C27H30N4O3S. The minimum atomic E-state index is -3.43. The molecule has 0 bridgehead atoms. The molecule has 0 aromatic heterocycles. The number of likely N-dealkylation sites (N-methyl/N-ethyl adjacent to an activating group) is 1. The molecule has 0 radical (unpaired) electrons. The number of fused-ring (bicyclic) bond motifs is 1. The number of para-hydroxylation sites is 1. The number of amides is 1. The van der Waals surface area contributed by atoms with Crippen LogP contribution in [-0.2, 0) is 14.8 Å². The topological polar surface area (TPSA) is 81.8 Å². The van der Waals surface area contributed by atoms with Crippen LogP contribution in [0.25, 0.3) is 11.3 Å². The predicted octanol–water partition coefficient (Wildman–Crippen LogP) is 4.26. The number of nitrogens with one attached hydrogen (secondary N) is 2. The maximum absolute atomic E-state index is 13.0. The van der Waals surface area contributed by atoms with Crippen LogP contribution < -0.4 is 14.9 Å². The Balaban J connectivity index is 1.72. The van der Waals surface area contributed by atoms with Crippen LogP contribution in [0, 0.1) is 6.92 Å². The summed E-state index contributed by atoms with van der Waals surface area (Å²) in [5, 5.41) is 6.37. The highest BCUT2D eigenvalue weighted by Gasteiger charge is 2.28. The Bertz CT molecular complexity index is 1360. The van der Waals surface area contributed by atoms with Gasteiger partial charge in [0, 0.05) is 30.0 Å². The summed E-state index contributed by atoms with van der Waals surface area (Å²) in [6, 6.07) is 22.8. The van der Waals surface area contributed by atoms with Crippen LogP contribution in [0.15, 0.2) is 72.8 Å². The monoisotopic (exact) mass is 490 g/mol. The van der Waals surface area contributed by atoms with E-state index < -0.39 is 10.0 Å². The summed E-state index contributed by atoms with van der Waals surface area (Å²) in [4.78, 5) is 14.9. The number of aryl methyl sites for hydroxylation is 1. The van der Waals surface area contributed by atoms with Gasteiger partial charge in [-0.15, -0.1) is 0 Å². The summed E-state index contributed by atoms with van der Waals surface area (Å²) in [6.45, 7) is 2.98. The first-order valence-electron chi connectivity index (χ1n) is 11.3. The molecule has 3 aromatic rings. The number of carbonyl (C=O) groups is 1. The van der Waals surface area contributed by atoms with Crippen molar-refractivity contribution >= 4 is 44.3 Å². The molecule has 0 spiro atoms. The quantitative estimate of drug-likeness (QED) is 0.461. The van der Waals surface area contributed by atoms with Gasteiger partial charge in [-0.1, -0.05) is 48.0 Å². The summed E-state index contributed by atoms with van der Waals surface area (Å²) in [5.74, 6) is -0.169. The molecule has 7 nitrogen and oxygen atoms in total. The van der Waals surface area contributed by atoms with Gasteiger partial charge in [-0.3, -0.25) is 9.10 Å². The number of nitrogens with zero attached hydrogens (tertiary/aromatic N) is 2. The van der Waals surface area contributed by atoms with Crippen molar-refractivity contribution in [2.45, 2.75) is 6.92 Å². The minimum Gasteiger partial charge on any atom is -0.354 e. The van der Waals surface area contributed by atoms with Gasteiger partial charge in [0.15, 0.2) is 0 Å². The maximum atomic E-state index is 13.0. The minimum absolute atomic E-state index is 0.169. The van der Waals surface area contributed by atoms with E-state index >= 15 is 0 Å².